The van der Waals surface area contributed by atoms with Gasteiger partial charge in [0.05, 0.1) is 36.7 Å². The predicted molar refractivity (Wildman–Crippen MR) is 128 cm³/mol. The summed E-state index contributed by atoms with van der Waals surface area (Å²) in [7, 11) is 1.75. The van der Waals surface area contributed by atoms with Crippen molar-refractivity contribution in [3.63, 3.8) is 0 Å². The van der Waals surface area contributed by atoms with Crippen LogP contribution >= 0.6 is 11.8 Å². The third kappa shape index (κ3) is 3.80. The first-order chi connectivity index (χ1) is 15.1. The van der Waals surface area contributed by atoms with E-state index >= 15 is 0 Å². The number of ether oxygens (including phenoxy) is 2. The van der Waals surface area contributed by atoms with Gasteiger partial charge in [0.15, 0.2) is 0 Å². The van der Waals surface area contributed by atoms with Gasteiger partial charge in [0.1, 0.15) is 10.8 Å². The molecule has 1 unspecified atom stereocenters. The normalized spacial score (nSPS) is 18.6. The minimum Gasteiger partial charge on any atom is -0.496 e. The van der Waals surface area contributed by atoms with Crippen molar-refractivity contribution >= 4 is 23.0 Å². The highest BCUT2D eigenvalue weighted by atomic mass is 32.2. The second-order valence-electron chi connectivity index (χ2n) is 8.84. The highest BCUT2D eigenvalue weighted by Gasteiger charge is 2.33. The summed E-state index contributed by atoms with van der Waals surface area (Å²) in [5.74, 6) is 1.69. The fourth-order valence-electron chi connectivity index (χ4n) is 4.82. The van der Waals surface area contributed by atoms with Gasteiger partial charge in [-0.25, -0.2) is 4.52 Å². The average molecular weight is 438 g/mol. The summed E-state index contributed by atoms with van der Waals surface area (Å²) >= 11 is 1.73. The SMILES string of the molecule is COc1cc(C)cc(C)c1-c1cccc2c(N(CC3CC3)C3CCOC3)c(SC)nn12. The van der Waals surface area contributed by atoms with Crippen LogP contribution in [0.3, 0.4) is 0 Å². The lowest BCUT2D eigenvalue weighted by Crippen LogP contribution is -2.37. The van der Waals surface area contributed by atoms with Crippen LogP contribution in [0.5, 0.6) is 5.75 Å². The number of fused-ring (bicyclic) bond motifs is 1. The Bertz CT molecular complexity index is 1100. The number of benzene rings is 1. The van der Waals surface area contributed by atoms with Gasteiger partial charge in [-0.2, -0.15) is 5.10 Å². The van der Waals surface area contributed by atoms with Crippen LogP contribution in [0.1, 0.15) is 30.4 Å². The maximum atomic E-state index is 5.79. The van der Waals surface area contributed by atoms with E-state index in [4.69, 9.17) is 14.6 Å². The molecular formula is C25H31N3O2S. The van der Waals surface area contributed by atoms with Crippen LogP contribution in [-0.4, -0.2) is 48.8 Å². The van der Waals surface area contributed by atoms with Gasteiger partial charge in [0.2, 0.25) is 0 Å². The molecule has 164 valence electrons. The Balaban J connectivity index is 1.70. The smallest absolute Gasteiger partial charge is 0.142 e. The van der Waals surface area contributed by atoms with Crippen molar-refractivity contribution < 1.29 is 9.47 Å². The molecule has 31 heavy (non-hydrogen) atoms. The number of thioether (sulfide) groups is 1. The number of methoxy groups -OCH3 is 1. The van der Waals surface area contributed by atoms with Gasteiger partial charge >= 0.3 is 0 Å². The summed E-state index contributed by atoms with van der Waals surface area (Å²) in [5.41, 5.74) is 7.01. The van der Waals surface area contributed by atoms with Crippen LogP contribution in [0.25, 0.3) is 16.8 Å². The first-order valence-electron chi connectivity index (χ1n) is 11.2. The van der Waals surface area contributed by atoms with Gasteiger partial charge in [-0.05, 0) is 74.6 Å². The lowest BCUT2D eigenvalue weighted by molar-refractivity contribution is 0.193. The van der Waals surface area contributed by atoms with Crippen molar-refractivity contribution in [2.24, 2.45) is 5.92 Å². The van der Waals surface area contributed by atoms with Crippen LogP contribution in [-0.2, 0) is 4.74 Å². The summed E-state index contributed by atoms with van der Waals surface area (Å²) in [6, 6.07) is 11.3. The molecule has 5 nitrogen and oxygen atoms in total. The van der Waals surface area contributed by atoms with E-state index in [0.29, 0.717) is 6.04 Å². The molecular weight excluding hydrogens is 406 g/mol. The molecule has 0 radical (unpaired) electrons. The molecule has 1 atom stereocenters. The zero-order chi connectivity index (χ0) is 21.5. The van der Waals surface area contributed by atoms with Gasteiger partial charge in [-0.1, -0.05) is 12.1 Å². The lowest BCUT2D eigenvalue weighted by Gasteiger charge is -2.30. The molecule has 1 aliphatic heterocycles. The molecule has 2 aliphatic rings. The highest BCUT2D eigenvalue weighted by Crippen LogP contribution is 2.42. The summed E-state index contributed by atoms with van der Waals surface area (Å²) < 4.78 is 13.7. The molecule has 2 aromatic heterocycles. The molecule has 2 fully saturated rings. The molecule has 1 aliphatic carbocycles. The van der Waals surface area contributed by atoms with E-state index in [1.54, 1.807) is 18.9 Å². The molecule has 3 heterocycles. The van der Waals surface area contributed by atoms with Gasteiger partial charge in [0.25, 0.3) is 0 Å². The quantitative estimate of drug-likeness (QED) is 0.466. The molecule has 6 heteroatoms. The molecule has 3 aromatic rings. The van der Waals surface area contributed by atoms with Crippen LogP contribution in [0, 0.1) is 19.8 Å². The van der Waals surface area contributed by atoms with E-state index in [0.717, 1.165) is 59.6 Å². The summed E-state index contributed by atoms with van der Waals surface area (Å²) in [5, 5.41) is 6.19. The van der Waals surface area contributed by atoms with Gasteiger partial charge in [0, 0.05) is 18.7 Å². The van der Waals surface area contributed by atoms with Crippen molar-refractivity contribution in [3.8, 4) is 17.0 Å². The Labute approximate surface area is 188 Å². The molecule has 0 N–H and O–H groups in total. The van der Waals surface area contributed by atoms with Crippen LogP contribution < -0.4 is 9.64 Å². The molecule has 1 aromatic carbocycles. The van der Waals surface area contributed by atoms with E-state index in [1.165, 1.54) is 29.7 Å². The standard InChI is InChI=1S/C25H31N3O2S/c1-16-12-17(2)23(22(13-16)29-3)20-6-5-7-21-24(25(31-4)26-28(20)21)27(14-18-8-9-18)19-10-11-30-15-19/h5-7,12-13,18-19H,8-11,14-15H2,1-4H3. The van der Waals surface area contributed by atoms with Gasteiger partial charge in [-0.3, -0.25) is 0 Å². The average Bonchev–Trinajstić information content (AvgIpc) is 3.27. The zero-order valence-corrected chi connectivity index (χ0v) is 19.7. The number of hydrogen-bond acceptors (Lipinski definition) is 5. The lowest BCUT2D eigenvalue weighted by atomic mass is 10.0. The topological polar surface area (TPSA) is 39.0 Å². The van der Waals surface area contributed by atoms with Crippen LogP contribution in [0.4, 0.5) is 5.69 Å². The molecule has 0 amide bonds. The number of rotatable bonds is 7. The van der Waals surface area contributed by atoms with E-state index < -0.39 is 0 Å². The second-order valence-corrected chi connectivity index (χ2v) is 9.63. The van der Waals surface area contributed by atoms with Crippen LogP contribution in [0.15, 0.2) is 35.4 Å². The maximum Gasteiger partial charge on any atom is 0.142 e. The third-order valence-corrected chi connectivity index (χ3v) is 7.16. The number of anilines is 1. The number of aryl methyl sites for hydroxylation is 2. The Kier molecular flexibility index (Phi) is 5.61. The Morgan fingerprint density at radius 1 is 1.23 bits per heavy atom. The molecule has 1 saturated heterocycles. The number of aromatic nitrogens is 2. The monoisotopic (exact) mass is 437 g/mol. The predicted octanol–water partition coefficient (Wildman–Crippen LogP) is 5.35. The Morgan fingerprint density at radius 3 is 2.74 bits per heavy atom. The molecule has 1 saturated carbocycles. The Hall–Kier alpha value is -2.18. The largest absolute Gasteiger partial charge is 0.496 e. The van der Waals surface area contributed by atoms with Crippen LogP contribution in [0.2, 0.25) is 0 Å². The maximum absolute atomic E-state index is 5.79. The summed E-state index contributed by atoms with van der Waals surface area (Å²) in [4.78, 5) is 2.60. The van der Waals surface area contributed by atoms with E-state index in [-0.39, 0.29) is 0 Å². The van der Waals surface area contributed by atoms with Crippen molar-refractivity contribution in [3.05, 3.63) is 41.5 Å². The van der Waals surface area contributed by atoms with Crippen molar-refractivity contribution in [2.45, 2.75) is 44.2 Å². The van der Waals surface area contributed by atoms with Gasteiger partial charge < -0.3 is 14.4 Å². The zero-order valence-electron chi connectivity index (χ0n) is 18.9. The molecule has 0 bridgehead atoms. The third-order valence-electron chi connectivity index (χ3n) is 6.50. The van der Waals surface area contributed by atoms with Crippen molar-refractivity contribution in [1.82, 2.24) is 9.61 Å². The number of pyridine rings is 1. The fraction of sp³-hybridized carbons (Fsp3) is 0.480. The highest BCUT2D eigenvalue weighted by molar-refractivity contribution is 7.98. The minimum atomic E-state index is 0.429. The molecule has 0 spiro atoms. The molecule has 5 rings (SSSR count). The summed E-state index contributed by atoms with van der Waals surface area (Å²) in [6.07, 6.45) is 5.89. The van der Waals surface area contributed by atoms with E-state index in [9.17, 15) is 0 Å². The van der Waals surface area contributed by atoms with E-state index in [2.05, 4.69) is 59.9 Å². The van der Waals surface area contributed by atoms with Gasteiger partial charge in [-0.15, -0.1) is 11.8 Å². The van der Waals surface area contributed by atoms with Crippen molar-refractivity contribution in [2.75, 3.05) is 38.0 Å². The second kappa shape index (κ2) is 8.40. The summed E-state index contributed by atoms with van der Waals surface area (Å²) in [6.45, 7) is 7.02. The first kappa shape index (κ1) is 20.7. The number of hydrogen-bond donors (Lipinski definition) is 0. The fourth-order valence-corrected chi connectivity index (χ4v) is 5.40. The number of nitrogens with zero attached hydrogens (tertiary/aromatic N) is 3. The minimum absolute atomic E-state index is 0.429. The first-order valence-corrected chi connectivity index (χ1v) is 12.4. The van der Waals surface area contributed by atoms with Crippen molar-refractivity contribution in [1.29, 1.82) is 0 Å². The van der Waals surface area contributed by atoms with E-state index in [1.807, 2.05) is 0 Å². The Morgan fingerprint density at radius 2 is 2.06 bits per heavy atom.